The highest BCUT2D eigenvalue weighted by Gasteiger charge is 2.15. The zero-order valence-electron chi connectivity index (χ0n) is 13.3. The van der Waals surface area contributed by atoms with Crippen LogP contribution in [0.2, 0.25) is 0 Å². The maximum Gasteiger partial charge on any atom is 0.134 e. The van der Waals surface area contributed by atoms with Crippen LogP contribution in [0.25, 0.3) is 21.9 Å². The van der Waals surface area contributed by atoms with Crippen LogP contribution in [0.3, 0.4) is 0 Å². The number of nitrogens with zero attached hydrogens (tertiary/aromatic N) is 1. The molecular formula is C21H22N2. The van der Waals surface area contributed by atoms with Gasteiger partial charge in [0.25, 0.3) is 0 Å². The molecule has 0 aliphatic heterocycles. The molecule has 2 heteroatoms. The lowest BCUT2D eigenvalue weighted by Gasteiger charge is -2.24. The number of pyridine rings is 1. The van der Waals surface area contributed by atoms with Gasteiger partial charge in [0.15, 0.2) is 0 Å². The predicted octanol–water partition coefficient (Wildman–Crippen LogP) is 5.65. The summed E-state index contributed by atoms with van der Waals surface area (Å²) in [7, 11) is 0. The number of aromatic nitrogens is 1. The monoisotopic (exact) mass is 302 g/mol. The lowest BCUT2D eigenvalue weighted by Crippen LogP contribution is -2.22. The van der Waals surface area contributed by atoms with Gasteiger partial charge >= 0.3 is 0 Å². The van der Waals surface area contributed by atoms with Crippen LogP contribution in [0.4, 0.5) is 5.82 Å². The molecule has 0 atom stereocenters. The second kappa shape index (κ2) is 6.41. The summed E-state index contributed by atoms with van der Waals surface area (Å²) >= 11 is 0. The minimum Gasteiger partial charge on any atom is -0.367 e. The summed E-state index contributed by atoms with van der Waals surface area (Å²) in [4.78, 5) is 4.77. The number of benzene rings is 2. The topological polar surface area (TPSA) is 24.9 Å². The summed E-state index contributed by atoms with van der Waals surface area (Å²) < 4.78 is 0. The fraction of sp³-hybridized carbons (Fsp3) is 0.286. The highest BCUT2D eigenvalue weighted by molar-refractivity contribution is 6.01. The number of nitrogens with one attached hydrogen (secondary N) is 1. The summed E-state index contributed by atoms with van der Waals surface area (Å²) in [6.07, 6.45) is 8.57. The summed E-state index contributed by atoms with van der Waals surface area (Å²) in [6, 6.07) is 19.7. The maximum atomic E-state index is 4.77. The van der Waals surface area contributed by atoms with Crippen LogP contribution in [0.15, 0.2) is 60.8 Å². The Morgan fingerprint density at radius 3 is 2.26 bits per heavy atom. The Morgan fingerprint density at radius 2 is 1.48 bits per heavy atom. The summed E-state index contributed by atoms with van der Waals surface area (Å²) in [6.45, 7) is 0. The molecule has 2 aromatic carbocycles. The first-order chi connectivity index (χ1) is 11.4. The lowest BCUT2D eigenvalue weighted by molar-refractivity contribution is 0.462. The van der Waals surface area contributed by atoms with Gasteiger partial charge in [-0.1, -0.05) is 73.9 Å². The molecule has 1 aliphatic carbocycles. The molecule has 0 bridgehead atoms. The fourth-order valence-electron chi connectivity index (χ4n) is 3.60. The van der Waals surface area contributed by atoms with E-state index < -0.39 is 0 Å². The molecule has 1 heterocycles. The van der Waals surface area contributed by atoms with E-state index in [1.807, 2.05) is 6.20 Å². The van der Waals surface area contributed by atoms with Crippen molar-refractivity contribution in [1.82, 2.24) is 4.98 Å². The van der Waals surface area contributed by atoms with Crippen LogP contribution in [-0.4, -0.2) is 11.0 Å². The van der Waals surface area contributed by atoms with Gasteiger partial charge in [-0.05, 0) is 23.8 Å². The van der Waals surface area contributed by atoms with E-state index in [9.17, 15) is 0 Å². The van der Waals surface area contributed by atoms with Gasteiger partial charge in [-0.2, -0.15) is 0 Å². The van der Waals surface area contributed by atoms with E-state index >= 15 is 0 Å². The SMILES string of the molecule is c1ccc(-c2cnc(NC3CCCCC3)c3ccccc23)cc1. The van der Waals surface area contributed by atoms with Gasteiger partial charge in [0.1, 0.15) is 5.82 Å². The van der Waals surface area contributed by atoms with Gasteiger partial charge < -0.3 is 5.32 Å². The predicted molar refractivity (Wildman–Crippen MR) is 97.7 cm³/mol. The quantitative estimate of drug-likeness (QED) is 0.676. The Bertz CT molecular complexity index is 789. The first-order valence-electron chi connectivity index (χ1n) is 8.61. The van der Waals surface area contributed by atoms with Gasteiger partial charge in [-0.3, -0.25) is 0 Å². The largest absolute Gasteiger partial charge is 0.367 e. The van der Waals surface area contributed by atoms with Gasteiger partial charge in [0, 0.05) is 23.2 Å². The second-order valence-corrected chi connectivity index (χ2v) is 6.41. The zero-order valence-corrected chi connectivity index (χ0v) is 13.3. The Hall–Kier alpha value is -2.35. The molecule has 23 heavy (non-hydrogen) atoms. The van der Waals surface area contributed by atoms with Gasteiger partial charge in [-0.25, -0.2) is 4.98 Å². The molecule has 1 aliphatic rings. The van der Waals surface area contributed by atoms with E-state index in [-0.39, 0.29) is 0 Å². The fourth-order valence-corrected chi connectivity index (χ4v) is 3.60. The lowest BCUT2D eigenvalue weighted by atomic mass is 9.95. The van der Waals surface area contributed by atoms with Crippen LogP contribution in [-0.2, 0) is 0 Å². The third kappa shape index (κ3) is 2.94. The van der Waals surface area contributed by atoms with Crippen molar-refractivity contribution >= 4 is 16.6 Å². The van der Waals surface area contributed by atoms with Crippen LogP contribution >= 0.6 is 0 Å². The number of rotatable bonds is 3. The minimum absolute atomic E-state index is 0.572. The third-order valence-corrected chi connectivity index (χ3v) is 4.83. The van der Waals surface area contributed by atoms with Crippen LogP contribution < -0.4 is 5.32 Å². The van der Waals surface area contributed by atoms with Crippen molar-refractivity contribution in [2.45, 2.75) is 38.1 Å². The van der Waals surface area contributed by atoms with E-state index in [0.29, 0.717) is 6.04 Å². The second-order valence-electron chi connectivity index (χ2n) is 6.41. The van der Waals surface area contributed by atoms with Crippen LogP contribution in [0.5, 0.6) is 0 Å². The molecule has 0 unspecified atom stereocenters. The molecule has 1 aromatic heterocycles. The summed E-state index contributed by atoms with van der Waals surface area (Å²) in [5.74, 6) is 1.03. The standard InChI is InChI=1S/C21H22N2/c1-3-9-16(10-4-1)20-15-22-21(19-14-8-7-13-18(19)20)23-17-11-5-2-6-12-17/h1,3-4,7-10,13-15,17H,2,5-6,11-12H2,(H,22,23). The highest BCUT2D eigenvalue weighted by Crippen LogP contribution is 2.32. The molecule has 0 spiro atoms. The molecular weight excluding hydrogens is 280 g/mol. The highest BCUT2D eigenvalue weighted by atomic mass is 15.0. The van der Waals surface area contributed by atoms with E-state index in [1.165, 1.54) is 54.0 Å². The number of anilines is 1. The molecule has 1 saturated carbocycles. The smallest absolute Gasteiger partial charge is 0.134 e. The molecule has 1 N–H and O–H groups in total. The van der Waals surface area contributed by atoms with Crippen molar-refractivity contribution in [3.63, 3.8) is 0 Å². The van der Waals surface area contributed by atoms with E-state index in [1.54, 1.807) is 0 Å². The van der Waals surface area contributed by atoms with Crippen LogP contribution in [0.1, 0.15) is 32.1 Å². The Labute approximate surface area is 137 Å². The first kappa shape index (κ1) is 14.3. The zero-order chi connectivity index (χ0) is 15.5. The number of hydrogen-bond donors (Lipinski definition) is 1. The van der Waals surface area contributed by atoms with Crippen LogP contribution in [0, 0.1) is 0 Å². The van der Waals surface area contributed by atoms with E-state index in [4.69, 9.17) is 4.98 Å². The molecule has 3 aromatic rings. The van der Waals surface area contributed by atoms with Crippen molar-refractivity contribution < 1.29 is 0 Å². The molecule has 2 nitrogen and oxygen atoms in total. The first-order valence-corrected chi connectivity index (χ1v) is 8.61. The average molecular weight is 302 g/mol. The maximum absolute atomic E-state index is 4.77. The summed E-state index contributed by atoms with van der Waals surface area (Å²) in [5.41, 5.74) is 2.43. The number of fused-ring (bicyclic) bond motifs is 1. The molecule has 0 radical (unpaired) electrons. The van der Waals surface area contributed by atoms with Crippen molar-refractivity contribution in [2.24, 2.45) is 0 Å². The molecule has 116 valence electrons. The van der Waals surface area contributed by atoms with Gasteiger partial charge in [0.2, 0.25) is 0 Å². The van der Waals surface area contributed by atoms with E-state index in [0.717, 1.165) is 5.82 Å². The molecule has 0 saturated heterocycles. The molecule has 0 amide bonds. The van der Waals surface area contributed by atoms with Crippen molar-refractivity contribution in [1.29, 1.82) is 0 Å². The van der Waals surface area contributed by atoms with Crippen molar-refractivity contribution in [2.75, 3.05) is 5.32 Å². The van der Waals surface area contributed by atoms with Gasteiger partial charge in [-0.15, -0.1) is 0 Å². The minimum atomic E-state index is 0.572. The molecule has 4 rings (SSSR count). The molecule has 1 fully saturated rings. The Kier molecular flexibility index (Phi) is 3.97. The average Bonchev–Trinajstić information content (AvgIpc) is 2.64. The van der Waals surface area contributed by atoms with Gasteiger partial charge in [0.05, 0.1) is 0 Å². The summed E-state index contributed by atoms with van der Waals surface area (Å²) in [5, 5.41) is 6.18. The third-order valence-electron chi connectivity index (χ3n) is 4.83. The van der Waals surface area contributed by atoms with Crippen molar-refractivity contribution in [3.8, 4) is 11.1 Å². The Balaban J connectivity index is 1.76. The Morgan fingerprint density at radius 1 is 0.783 bits per heavy atom. The normalized spacial score (nSPS) is 15.7. The van der Waals surface area contributed by atoms with Crippen molar-refractivity contribution in [3.05, 3.63) is 60.8 Å². The number of hydrogen-bond acceptors (Lipinski definition) is 2. The van der Waals surface area contributed by atoms with E-state index in [2.05, 4.69) is 59.9 Å².